The lowest BCUT2D eigenvalue weighted by atomic mass is 10.1. The molecule has 0 aliphatic rings. The Morgan fingerprint density at radius 3 is 2.67 bits per heavy atom. The fourth-order valence-electron chi connectivity index (χ4n) is 2.69. The maximum atomic E-state index is 12.5. The van der Waals surface area contributed by atoms with Crippen LogP contribution in [0.1, 0.15) is 28.5 Å². The molecule has 0 saturated carbocycles. The molecule has 3 rings (SSSR count). The zero-order chi connectivity index (χ0) is 21.7. The van der Waals surface area contributed by atoms with Crippen LogP contribution in [0.5, 0.6) is 5.75 Å². The lowest BCUT2D eigenvalue weighted by Crippen LogP contribution is -2.21. The number of rotatable bonds is 7. The molecule has 1 aromatic heterocycles. The van der Waals surface area contributed by atoms with Crippen molar-refractivity contribution >= 4 is 33.2 Å². The van der Waals surface area contributed by atoms with Crippen molar-refractivity contribution in [3.05, 3.63) is 86.1 Å². The van der Waals surface area contributed by atoms with Crippen LogP contribution in [0.3, 0.4) is 0 Å². The minimum absolute atomic E-state index is 0.279. The topological polar surface area (TPSA) is 112 Å². The predicted molar refractivity (Wildman–Crippen MR) is 115 cm³/mol. The van der Waals surface area contributed by atoms with Gasteiger partial charge in [0.15, 0.2) is 0 Å². The molecule has 154 valence electrons. The highest BCUT2D eigenvalue weighted by molar-refractivity contribution is 9.10. The van der Waals surface area contributed by atoms with E-state index in [1.807, 2.05) is 24.3 Å². The van der Waals surface area contributed by atoms with Crippen molar-refractivity contribution in [2.45, 2.75) is 13.5 Å². The molecule has 0 atom stereocenters. The summed E-state index contributed by atoms with van der Waals surface area (Å²) in [6, 6.07) is 14.6. The van der Waals surface area contributed by atoms with E-state index >= 15 is 0 Å². The van der Waals surface area contributed by atoms with Crippen molar-refractivity contribution < 1.29 is 14.5 Å². The predicted octanol–water partition coefficient (Wildman–Crippen LogP) is 3.76. The second-order valence-electron chi connectivity index (χ2n) is 6.31. The van der Waals surface area contributed by atoms with Crippen LogP contribution in [0.2, 0.25) is 0 Å². The van der Waals surface area contributed by atoms with Gasteiger partial charge < -0.3 is 4.74 Å². The maximum absolute atomic E-state index is 12.5. The summed E-state index contributed by atoms with van der Waals surface area (Å²) in [6.07, 6.45) is 1.23. The molecule has 1 heterocycles. The van der Waals surface area contributed by atoms with Crippen LogP contribution < -0.4 is 10.2 Å². The molecule has 0 radical (unpaired) electrons. The van der Waals surface area contributed by atoms with Gasteiger partial charge in [-0.05, 0) is 54.4 Å². The number of hydrazone groups is 1. The molecule has 1 N–H and O–H groups in total. The van der Waals surface area contributed by atoms with E-state index in [2.05, 4.69) is 31.6 Å². The van der Waals surface area contributed by atoms with Gasteiger partial charge in [-0.1, -0.05) is 28.1 Å². The molecule has 0 unspecified atom stereocenters. The van der Waals surface area contributed by atoms with Crippen LogP contribution in [-0.4, -0.2) is 33.4 Å². The number of benzene rings is 2. The molecule has 1 amide bonds. The van der Waals surface area contributed by atoms with Crippen molar-refractivity contribution in [2.75, 3.05) is 7.11 Å². The number of hydrogen-bond acceptors (Lipinski definition) is 6. The van der Waals surface area contributed by atoms with Crippen molar-refractivity contribution in [1.82, 2.24) is 15.2 Å². The van der Waals surface area contributed by atoms with Gasteiger partial charge >= 0.3 is 5.69 Å². The molecule has 3 aromatic rings. The minimum atomic E-state index is -0.762. The second-order valence-corrected chi connectivity index (χ2v) is 7.23. The SMILES string of the molecule is COc1ccc(C(C)=NNC(=O)c2nn(Cc3cccc(Br)c3)cc2[N+](=O)[O-])cc1. The van der Waals surface area contributed by atoms with Gasteiger partial charge in [0.05, 0.1) is 24.3 Å². The third kappa shape index (κ3) is 5.09. The van der Waals surface area contributed by atoms with Crippen LogP contribution in [0.15, 0.2) is 64.3 Å². The van der Waals surface area contributed by atoms with E-state index in [1.165, 1.54) is 10.9 Å². The highest BCUT2D eigenvalue weighted by Crippen LogP contribution is 2.19. The average molecular weight is 472 g/mol. The molecule has 2 aromatic carbocycles. The lowest BCUT2D eigenvalue weighted by Gasteiger charge is -2.04. The fourth-order valence-corrected chi connectivity index (χ4v) is 3.14. The maximum Gasteiger partial charge on any atom is 0.320 e. The summed E-state index contributed by atoms with van der Waals surface area (Å²) < 4.78 is 7.34. The summed E-state index contributed by atoms with van der Waals surface area (Å²) in [5.41, 5.74) is 3.82. The Morgan fingerprint density at radius 2 is 2.03 bits per heavy atom. The van der Waals surface area contributed by atoms with Gasteiger partial charge in [0.2, 0.25) is 5.69 Å². The summed E-state index contributed by atoms with van der Waals surface area (Å²) >= 11 is 3.38. The number of hydrogen-bond donors (Lipinski definition) is 1. The van der Waals surface area contributed by atoms with Gasteiger partial charge in [-0.2, -0.15) is 10.2 Å². The van der Waals surface area contributed by atoms with Gasteiger partial charge in [-0.15, -0.1) is 0 Å². The highest BCUT2D eigenvalue weighted by atomic mass is 79.9. The summed E-state index contributed by atoms with van der Waals surface area (Å²) in [5, 5.41) is 19.5. The molecule has 0 fully saturated rings. The standard InChI is InChI=1S/C20H18BrN5O4/c1-13(15-6-8-17(30-2)9-7-15)22-23-20(27)19-18(26(28)29)12-25(24-19)11-14-4-3-5-16(21)10-14/h3-10,12H,11H2,1-2H3,(H,23,27). The summed E-state index contributed by atoms with van der Waals surface area (Å²) in [4.78, 5) is 23.2. The van der Waals surface area contributed by atoms with E-state index in [0.29, 0.717) is 11.5 Å². The van der Waals surface area contributed by atoms with Crippen molar-refractivity contribution in [3.63, 3.8) is 0 Å². The van der Waals surface area contributed by atoms with E-state index < -0.39 is 10.8 Å². The molecule has 9 nitrogen and oxygen atoms in total. The first-order valence-electron chi connectivity index (χ1n) is 8.82. The number of nitrogens with zero attached hydrogens (tertiary/aromatic N) is 4. The molecule has 10 heteroatoms. The van der Waals surface area contributed by atoms with E-state index in [-0.39, 0.29) is 17.9 Å². The number of carbonyl (C=O) groups excluding carboxylic acids is 1. The number of carbonyl (C=O) groups is 1. The number of halogens is 1. The summed E-state index contributed by atoms with van der Waals surface area (Å²) in [7, 11) is 1.57. The first kappa shape index (κ1) is 21.2. The molecule has 0 aliphatic heterocycles. The normalized spacial score (nSPS) is 11.2. The quantitative estimate of drug-likeness (QED) is 0.320. The third-order valence-corrected chi connectivity index (χ3v) is 4.71. The number of nitrogens with one attached hydrogen (secondary N) is 1. The first-order chi connectivity index (χ1) is 14.4. The molecule has 0 bridgehead atoms. The number of methoxy groups -OCH3 is 1. The van der Waals surface area contributed by atoms with Gasteiger partial charge in [-0.25, -0.2) is 5.43 Å². The van der Waals surface area contributed by atoms with E-state index in [4.69, 9.17) is 4.74 Å². The Bertz CT molecular complexity index is 1110. The molecule has 0 spiro atoms. The Morgan fingerprint density at radius 1 is 1.30 bits per heavy atom. The second kappa shape index (κ2) is 9.31. The monoisotopic (exact) mass is 471 g/mol. The Hall–Kier alpha value is -3.53. The van der Waals surface area contributed by atoms with Crippen molar-refractivity contribution in [1.29, 1.82) is 0 Å². The lowest BCUT2D eigenvalue weighted by molar-refractivity contribution is -0.385. The van der Waals surface area contributed by atoms with Gasteiger partial charge in [-0.3, -0.25) is 19.6 Å². The zero-order valence-corrected chi connectivity index (χ0v) is 17.8. The minimum Gasteiger partial charge on any atom is -0.497 e. The molecule has 0 saturated heterocycles. The number of ether oxygens (including phenoxy) is 1. The molecular formula is C20H18BrN5O4. The molecular weight excluding hydrogens is 454 g/mol. The third-order valence-electron chi connectivity index (χ3n) is 4.22. The Kier molecular flexibility index (Phi) is 6.58. The summed E-state index contributed by atoms with van der Waals surface area (Å²) in [6.45, 7) is 1.99. The number of nitro groups is 1. The van der Waals surface area contributed by atoms with E-state index in [1.54, 1.807) is 38.3 Å². The highest BCUT2D eigenvalue weighted by Gasteiger charge is 2.25. The van der Waals surface area contributed by atoms with Crippen molar-refractivity contribution in [3.8, 4) is 5.75 Å². The van der Waals surface area contributed by atoms with Crippen LogP contribution >= 0.6 is 15.9 Å². The van der Waals surface area contributed by atoms with Crippen LogP contribution in [0.25, 0.3) is 0 Å². The van der Waals surface area contributed by atoms with Gasteiger partial charge in [0, 0.05) is 4.47 Å². The smallest absolute Gasteiger partial charge is 0.320 e. The van der Waals surface area contributed by atoms with E-state index in [0.717, 1.165) is 15.6 Å². The largest absolute Gasteiger partial charge is 0.497 e. The van der Waals surface area contributed by atoms with Gasteiger partial charge in [0.1, 0.15) is 11.9 Å². The molecule has 0 aliphatic carbocycles. The number of aromatic nitrogens is 2. The zero-order valence-electron chi connectivity index (χ0n) is 16.2. The van der Waals surface area contributed by atoms with Crippen LogP contribution in [-0.2, 0) is 6.54 Å². The van der Waals surface area contributed by atoms with Crippen LogP contribution in [0, 0.1) is 10.1 Å². The van der Waals surface area contributed by atoms with Crippen molar-refractivity contribution in [2.24, 2.45) is 5.10 Å². The first-order valence-corrected chi connectivity index (χ1v) is 9.62. The number of amides is 1. The van der Waals surface area contributed by atoms with E-state index in [9.17, 15) is 14.9 Å². The average Bonchev–Trinajstić information content (AvgIpc) is 3.16. The summed E-state index contributed by atoms with van der Waals surface area (Å²) in [5.74, 6) is -0.0650. The molecule has 30 heavy (non-hydrogen) atoms. The van der Waals surface area contributed by atoms with Crippen LogP contribution in [0.4, 0.5) is 5.69 Å². The Balaban J connectivity index is 1.78. The van der Waals surface area contributed by atoms with Gasteiger partial charge in [0.25, 0.3) is 5.91 Å². The fraction of sp³-hybridized carbons (Fsp3) is 0.150. The Labute approximate surface area is 180 Å².